The number of nitrogens with one attached hydrogen (secondary N) is 1. The van der Waals surface area contributed by atoms with Crippen LogP contribution in [0.25, 0.3) is 0 Å². The Morgan fingerprint density at radius 3 is 2.71 bits per heavy atom. The molecule has 2 nitrogen and oxygen atoms in total. The van der Waals surface area contributed by atoms with E-state index < -0.39 is 0 Å². The van der Waals surface area contributed by atoms with Crippen molar-refractivity contribution in [2.75, 3.05) is 14.2 Å². The molecule has 0 aliphatic carbocycles. The van der Waals surface area contributed by atoms with E-state index in [0.717, 1.165) is 16.2 Å². The normalized spacial score (nSPS) is 12.7. The minimum Gasteiger partial charge on any atom is -0.496 e. The first-order valence-electron chi connectivity index (χ1n) is 4.90. The van der Waals surface area contributed by atoms with Crippen molar-refractivity contribution in [2.45, 2.75) is 6.04 Å². The maximum absolute atomic E-state index is 6.19. The summed E-state index contributed by atoms with van der Waals surface area (Å²) in [5, 5.41) is 5.24. The predicted molar refractivity (Wildman–Crippen MR) is 76.1 cm³/mol. The maximum atomic E-state index is 6.19. The van der Waals surface area contributed by atoms with Crippen LogP contribution in [-0.4, -0.2) is 14.2 Å². The molecule has 92 valence electrons. The minimum atomic E-state index is 0.0150. The van der Waals surface area contributed by atoms with Crippen molar-refractivity contribution in [2.24, 2.45) is 0 Å². The molecule has 1 N–H and O–H groups in total. The van der Waals surface area contributed by atoms with Crippen LogP contribution in [-0.2, 0) is 0 Å². The van der Waals surface area contributed by atoms with Crippen LogP contribution in [0.2, 0.25) is 8.67 Å². The minimum absolute atomic E-state index is 0.0150. The molecule has 0 bridgehead atoms. The molecule has 1 unspecified atom stereocenters. The smallest absolute Gasteiger partial charge is 0.134 e. The van der Waals surface area contributed by atoms with Gasteiger partial charge in [-0.15, -0.1) is 22.7 Å². The molecule has 2 heterocycles. The van der Waals surface area contributed by atoms with Gasteiger partial charge in [-0.25, -0.2) is 0 Å². The van der Waals surface area contributed by atoms with Gasteiger partial charge in [-0.2, -0.15) is 0 Å². The Morgan fingerprint density at radius 2 is 2.18 bits per heavy atom. The highest BCUT2D eigenvalue weighted by molar-refractivity contribution is 7.20. The van der Waals surface area contributed by atoms with E-state index in [0.29, 0.717) is 8.67 Å². The van der Waals surface area contributed by atoms with Crippen LogP contribution in [0.1, 0.15) is 16.5 Å². The van der Waals surface area contributed by atoms with E-state index in [2.05, 4.69) is 5.32 Å². The number of rotatable bonds is 4. The number of hydrogen-bond acceptors (Lipinski definition) is 4. The van der Waals surface area contributed by atoms with Crippen LogP contribution in [0, 0.1) is 0 Å². The van der Waals surface area contributed by atoms with Gasteiger partial charge in [-0.05, 0) is 24.6 Å². The Morgan fingerprint density at radius 1 is 1.41 bits per heavy atom. The van der Waals surface area contributed by atoms with E-state index in [1.54, 1.807) is 18.4 Å². The van der Waals surface area contributed by atoms with E-state index >= 15 is 0 Å². The van der Waals surface area contributed by atoms with Crippen molar-refractivity contribution in [3.63, 3.8) is 0 Å². The van der Waals surface area contributed by atoms with Crippen molar-refractivity contribution in [3.8, 4) is 5.75 Å². The lowest BCUT2D eigenvalue weighted by molar-refractivity contribution is 0.409. The highest BCUT2D eigenvalue weighted by Crippen LogP contribution is 2.41. The number of ether oxygens (including phenoxy) is 1. The Bertz CT molecular complexity index is 509. The largest absolute Gasteiger partial charge is 0.496 e. The third-order valence-electron chi connectivity index (χ3n) is 2.42. The molecular weight excluding hydrogens is 297 g/mol. The molecule has 0 saturated carbocycles. The van der Waals surface area contributed by atoms with E-state index in [9.17, 15) is 0 Å². The third-order valence-corrected chi connectivity index (χ3v) is 4.90. The summed E-state index contributed by atoms with van der Waals surface area (Å²) in [5.74, 6) is 0.868. The van der Waals surface area contributed by atoms with Gasteiger partial charge < -0.3 is 10.1 Å². The molecule has 0 spiro atoms. The van der Waals surface area contributed by atoms with Crippen molar-refractivity contribution in [1.29, 1.82) is 0 Å². The summed E-state index contributed by atoms with van der Waals surface area (Å²) in [7, 11) is 3.56. The second kappa shape index (κ2) is 5.59. The molecule has 6 heteroatoms. The molecule has 0 saturated heterocycles. The third kappa shape index (κ3) is 2.61. The van der Waals surface area contributed by atoms with Crippen LogP contribution in [0.5, 0.6) is 5.75 Å². The van der Waals surface area contributed by atoms with Crippen molar-refractivity contribution in [1.82, 2.24) is 5.32 Å². The summed E-state index contributed by atoms with van der Waals surface area (Å²) in [6.07, 6.45) is 0. The molecule has 1 atom stereocenters. The predicted octanol–water partition coefficient (Wildman–Crippen LogP) is 4.43. The lowest BCUT2D eigenvalue weighted by Crippen LogP contribution is -2.16. The first kappa shape index (κ1) is 13.2. The number of hydrogen-bond donors (Lipinski definition) is 1. The number of thiophene rings is 2. The monoisotopic (exact) mass is 307 g/mol. The first-order valence-corrected chi connectivity index (χ1v) is 7.36. The standard InChI is InChI=1S/C11H11Cl2NOS2/c1-14-9(6-5-8(12)17-11(6)13)10-7(15-2)3-4-16-10/h3-5,9,14H,1-2H3. The molecule has 0 amide bonds. The molecule has 17 heavy (non-hydrogen) atoms. The summed E-state index contributed by atoms with van der Waals surface area (Å²) in [6, 6.07) is 3.86. The molecule has 0 radical (unpaired) electrons. The molecule has 0 fully saturated rings. The topological polar surface area (TPSA) is 21.3 Å². The van der Waals surface area contributed by atoms with Gasteiger partial charge in [0, 0.05) is 5.56 Å². The summed E-state index contributed by atoms with van der Waals surface area (Å²) in [4.78, 5) is 1.10. The van der Waals surface area contributed by atoms with E-state index in [1.165, 1.54) is 11.3 Å². The van der Waals surface area contributed by atoms with Gasteiger partial charge in [0.15, 0.2) is 0 Å². The highest BCUT2D eigenvalue weighted by atomic mass is 35.5. The Balaban J connectivity index is 2.43. The molecule has 2 aromatic heterocycles. The van der Waals surface area contributed by atoms with Crippen LogP contribution >= 0.6 is 45.9 Å². The van der Waals surface area contributed by atoms with Gasteiger partial charge in [-0.3, -0.25) is 0 Å². The van der Waals surface area contributed by atoms with Crippen molar-refractivity contribution < 1.29 is 4.74 Å². The average molecular weight is 308 g/mol. The van der Waals surface area contributed by atoms with Gasteiger partial charge >= 0.3 is 0 Å². The molecule has 0 aromatic carbocycles. The zero-order chi connectivity index (χ0) is 12.4. The Hall–Kier alpha value is -0.260. The van der Waals surface area contributed by atoms with Gasteiger partial charge in [0.05, 0.1) is 26.7 Å². The van der Waals surface area contributed by atoms with Gasteiger partial charge in [0.25, 0.3) is 0 Å². The second-order valence-corrected chi connectivity index (χ2v) is 6.59. The number of methoxy groups -OCH3 is 1. The fourth-order valence-corrected chi connectivity index (χ4v) is 4.18. The highest BCUT2D eigenvalue weighted by Gasteiger charge is 2.22. The van der Waals surface area contributed by atoms with E-state index in [-0.39, 0.29) is 6.04 Å². The average Bonchev–Trinajstić information content (AvgIpc) is 2.88. The van der Waals surface area contributed by atoms with Crippen molar-refractivity contribution >= 4 is 45.9 Å². The van der Waals surface area contributed by atoms with Crippen LogP contribution in [0.4, 0.5) is 0 Å². The van der Waals surface area contributed by atoms with Crippen LogP contribution in [0.15, 0.2) is 17.5 Å². The van der Waals surface area contributed by atoms with Gasteiger partial charge in [0.2, 0.25) is 0 Å². The summed E-state index contributed by atoms with van der Waals surface area (Å²) >= 11 is 15.2. The lowest BCUT2D eigenvalue weighted by Gasteiger charge is -2.15. The molecule has 2 rings (SSSR count). The first-order chi connectivity index (χ1) is 8.17. The fourth-order valence-electron chi connectivity index (χ4n) is 1.67. The van der Waals surface area contributed by atoms with E-state index in [4.69, 9.17) is 27.9 Å². The van der Waals surface area contributed by atoms with E-state index in [1.807, 2.05) is 24.6 Å². The van der Waals surface area contributed by atoms with Crippen molar-refractivity contribution in [3.05, 3.63) is 36.6 Å². The van der Waals surface area contributed by atoms with Crippen LogP contribution in [0.3, 0.4) is 0 Å². The fraction of sp³-hybridized carbons (Fsp3) is 0.273. The van der Waals surface area contributed by atoms with Gasteiger partial charge in [0.1, 0.15) is 5.75 Å². The van der Waals surface area contributed by atoms with Crippen LogP contribution < -0.4 is 10.1 Å². The zero-order valence-corrected chi connectivity index (χ0v) is 12.4. The lowest BCUT2D eigenvalue weighted by atomic mass is 10.1. The second-order valence-electron chi connectivity index (χ2n) is 3.35. The molecule has 0 aliphatic rings. The summed E-state index contributed by atoms with van der Waals surface area (Å²) in [5.41, 5.74) is 0.991. The molecule has 0 aliphatic heterocycles. The Labute approximate surface area is 118 Å². The summed E-state index contributed by atoms with van der Waals surface area (Å²) < 4.78 is 6.74. The number of halogens is 2. The SMILES string of the molecule is CNC(c1cc(Cl)sc1Cl)c1sccc1OC. The maximum Gasteiger partial charge on any atom is 0.134 e. The Kier molecular flexibility index (Phi) is 4.33. The quantitative estimate of drug-likeness (QED) is 0.902. The zero-order valence-electron chi connectivity index (χ0n) is 9.29. The summed E-state index contributed by atoms with van der Waals surface area (Å²) in [6.45, 7) is 0. The molecular formula is C11H11Cl2NOS2. The molecule has 2 aromatic rings. The van der Waals surface area contributed by atoms with Gasteiger partial charge in [-0.1, -0.05) is 23.2 Å².